The molecule has 5 heteroatoms. The van der Waals surface area contributed by atoms with Gasteiger partial charge in [0.15, 0.2) is 0 Å². The Morgan fingerprint density at radius 3 is 2.40 bits per heavy atom. The number of hydrogen-bond donors (Lipinski definition) is 1. The minimum absolute atomic E-state index is 0.195. The van der Waals surface area contributed by atoms with Crippen molar-refractivity contribution in [2.45, 2.75) is 32.9 Å². The van der Waals surface area contributed by atoms with Crippen LogP contribution in [0.5, 0.6) is 0 Å². The minimum Gasteiger partial charge on any atom is -0.351 e. The molecule has 2 rings (SSSR count). The number of benzene rings is 1. The molecule has 0 saturated heterocycles. The fourth-order valence-corrected chi connectivity index (χ4v) is 2.18. The molecule has 0 fully saturated rings. The van der Waals surface area contributed by atoms with Crippen molar-refractivity contribution in [1.82, 2.24) is 10.2 Å². The summed E-state index contributed by atoms with van der Waals surface area (Å²) in [7, 11) is 0. The van der Waals surface area contributed by atoms with Crippen LogP contribution in [0.25, 0.3) is 0 Å². The van der Waals surface area contributed by atoms with E-state index in [1.54, 1.807) is 18.5 Å². The molecule has 1 heterocycles. The number of halogens is 1. The van der Waals surface area contributed by atoms with Gasteiger partial charge in [0.2, 0.25) is 5.96 Å². The third kappa shape index (κ3) is 3.56. The van der Waals surface area contributed by atoms with Crippen LogP contribution in [-0.2, 0) is 0 Å². The Bertz CT molecular complexity index is 475. The number of nitrogens with zero attached hydrogens (tertiary/aromatic N) is 3. The highest BCUT2D eigenvalue weighted by atomic mass is 19.1. The molecule has 1 aliphatic rings. The smallest absolute Gasteiger partial charge is 0.224 e. The van der Waals surface area contributed by atoms with E-state index in [0.29, 0.717) is 0 Å². The first-order valence-electron chi connectivity index (χ1n) is 7.11. The summed E-state index contributed by atoms with van der Waals surface area (Å²) in [4.78, 5) is 11.1. The van der Waals surface area contributed by atoms with Gasteiger partial charge in [-0.3, -0.25) is 0 Å². The molecule has 108 valence electrons. The summed E-state index contributed by atoms with van der Waals surface area (Å²) >= 11 is 0. The van der Waals surface area contributed by atoms with Crippen LogP contribution in [0.4, 0.5) is 4.39 Å². The second-order valence-corrected chi connectivity index (χ2v) is 4.80. The third-order valence-electron chi connectivity index (χ3n) is 3.11. The Hall–Kier alpha value is -1.91. The summed E-state index contributed by atoms with van der Waals surface area (Å²) < 4.78 is 13.0. The highest BCUT2D eigenvalue weighted by Gasteiger charge is 2.17. The van der Waals surface area contributed by atoms with E-state index in [2.05, 4.69) is 34.0 Å². The molecule has 0 aliphatic carbocycles. The normalized spacial score (nSPS) is 17.6. The lowest BCUT2D eigenvalue weighted by molar-refractivity contribution is 0.406. The van der Waals surface area contributed by atoms with Crippen molar-refractivity contribution >= 4 is 12.3 Å². The lowest BCUT2D eigenvalue weighted by Gasteiger charge is -2.26. The largest absolute Gasteiger partial charge is 0.351 e. The summed E-state index contributed by atoms with van der Waals surface area (Å²) in [5.41, 5.74) is 0.933. The Morgan fingerprint density at radius 2 is 1.80 bits per heavy atom. The number of nitrogens with one attached hydrogen (secondary N) is 1. The first kappa shape index (κ1) is 14.5. The molecular weight excluding hydrogens is 255 g/mol. The number of guanidine groups is 1. The average Bonchev–Trinajstić information content (AvgIpc) is 2.48. The summed E-state index contributed by atoms with van der Waals surface area (Å²) in [6.07, 6.45) is 3.60. The van der Waals surface area contributed by atoms with Crippen molar-refractivity contribution < 1.29 is 4.39 Å². The first-order valence-corrected chi connectivity index (χ1v) is 7.11. The molecule has 1 unspecified atom stereocenters. The van der Waals surface area contributed by atoms with E-state index in [1.165, 1.54) is 12.1 Å². The van der Waals surface area contributed by atoms with Gasteiger partial charge in [0, 0.05) is 13.1 Å². The SMILES string of the molecule is CCCN(CCC)C1=NC(c2ccc(F)cc2)NC=N1. The summed E-state index contributed by atoms with van der Waals surface area (Å²) in [6, 6.07) is 6.40. The van der Waals surface area contributed by atoms with E-state index in [9.17, 15) is 4.39 Å². The number of rotatable bonds is 5. The van der Waals surface area contributed by atoms with Gasteiger partial charge in [-0.15, -0.1) is 0 Å². The van der Waals surface area contributed by atoms with Crippen molar-refractivity contribution in [2.75, 3.05) is 13.1 Å². The first-order chi connectivity index (χ1) is 9.74. The zero-order valence-electron chi connectivity index (χ0n) is 12.0. The molecule has 0 radical (unpaired) electrons. The second-order valence-electron chi connectivity index (χ2n) is 4.80. The van der Waals surface area contributed by atoms with Gasteiger partial charge in [0.1, 0.15) is 12.0 Å². The van der Waals surface area contributed by atoms with Crippen LogP contribution >= 0.6 is 0 Å². The number of hydrogen-bond acceptors (Lipinski definition) is 4. The maximum atomic E-state index is 13.0. The Labute approximate surface area is 119 Å². The average molecular weight is 276 g/mol. The van der Waals surface area contributed by atoms with Crippen LogP contribution in [0.2, 0.25) is 0 Å². The fourth-order valence-electron chi connectivity index (χ4n) is 2.18. The monoisotopic (exact) mass is 276 g/mol. The van der Waals surface area contributed by atoms with Gasteiger partial charge in [-0.1, -0.05) is 26.0 Å². The molecule has 1 aromatic rings. The Morgan fingerprint density at radius 1 is 1.15 bits per heavy atom. The lowest BCUT2D eigenvalue weighted by Crippen LogP contribution is -2.36. The summed E-state index contributed by atoms with van der Waals surface area (Å²) in [5.74, 6) is 0.516. The highest BCUT2D eigenvalue weighted by Crippen LogP contribution is 2.17. The van der Waals surface area contributed by atoms with E-state index in [0.717, 1.165) is 37.5 Å². The van der Waals surface area contributed by atoms with Crippen LogP contribution < -0.4 is 5.32 Å². The fraction of sp³-hybridized carbons (Fsp3) is 0.467. The van der Waals surface area contributed by atoms with Crippen LogP contribution in [-0.4, -0.2) is 30.3 Å². The van der Waals surface area contributed by atoms with Crippen molar-refractivity contribution in [3.63, 3.8) is 0 Å². The van der Waals surface area contributed by atoms with E-state index >= 15 is 0 Å². The van der Waals surface area contributed by atoms with Crippen LogP contribution in [0.3, 0.4) is 0 Å². The highest BCUT2D eigenvalue weighted by molar-refractivity contribution is 5.89. The molecule has 1 N–H and O–H groups in total. The molecule has 0 aromatic heterocycles. The Balaban J connectivity index is 2.16. The number of aliphatic imine (C=N–C) groups is 2. The zero-order valence-corrected chi connectivity index (χ0v) is 12.0. The Kier molecular flexibility index (Phi) is 5.09. The molecule has 1 atom stereocenters. The van der Waals surface area contributed by atoms with Crippen LogP contribution in [0, 0.1) is 5.82 Å². The summed E-state index contributed by atoms with van der Waals surface area (Å²) in [5, 5.41) is 3.10. The van der Waals surface area contributed by atoms with Gasteiger partial charge in [-0.25, -0.2) is 14.4 Å². The molecule has 4 nitrogen and oxygen atoms in total. The van der Waals surface area contributed by atoms with Crippen molar-refractivity contribution in [2.24, 2.45) is 9.98 Å². The van der Waals surface area contributed by atoms with E-state index in [-0.39, 0.29) is 12.0 Å². The van der Waals surface area contributed by atoms with Crippen molar-refractivity contribution in [3.05, 3.63) is 35.6 Å². The van der Waals surface area contributed by atoms with E-state index in [1.807, 2.05) is 0 Å². The maximum absolute atomic E-state index is 13.0. The van der Waals surface area contributed by atoms with Gasteiger partial charge >= 0.3 is 0 Å². The molecule has 1 aromatic carbocycles. The molecule has 0 amide bonds. The molecule has 0 saturated carbocycles. The van der Waals surface area contributed by atoms with Gasteiger partial charge in [-0.05, 0) is 30.5 Å². The molecule has 0 spiro atoms. The van der Waals surface area contributed by atoms with Crippen LogP contribution in [0.1, 0.15) is 38.4 Å². The van der Waals surface area contributed by atoms with Crippen molar-refractivity contribution in [3.8, 4) is 0 Å². The molecule has 0 bridgehead atoms. The predicted molar refractivity (Wildman–Crippen MR) is 80.4 cm³/mol. The standard InChI is InChI=1S/C15H21FN4/c1-3-9-20(10-4-2)15-18-11-17-14(19-15)12-5-7-13(16)8-6-12/h5-8,11,14H,3-4,9-10H2,1-2H3,(H,17,18,19). The molecule has 20 heavy (non-hydrogen) atoms. The zero-order chi connectivity index (χ0) is 14.4. The maximum Gasteiger partial charge on any atom is 0.224 e. The van der Waals surface area contributed by atoms with Gasteiger partial charge in [-0.2, -0.15) is 0 Å². The molecule has 1 aliphatic heterocycles. The predicted octanol–water partition coefficient (Wildman–Crippen LogP) is 2.93. The van der Waals surface area contributed by atoms with Gasteiger partial charge in [0.05, 0.1) is 6.34 Å². The van der Waals surface area contributed by atoms with E-state index in [4.69, 9.17) is 0 Å². The third-order valence-corrected chi connectivity index (χ3v) is 3.11. The lowest BCUT2D eigenvalue weighted by atomic mass is 10.2. The van der Waals surface area contributed by atoms with E-state index < -0.39 is 0 Å². The topological polar surface area (TPSA) is 40.0 Å². The minimum atomic E-state index is -0.235. The molecular formula is C15H21FN4. The summed E-state index contributed by atoms with van der Waals surface area (Å²) in [6.45, 7) is 6.18. The van der Waals surface area contributed by atoms with Gasteiger partial charge in [0.25, 0.3) is 0 Å². The van der Waals surface area contributed by atoms with Crippen LogP contribution in [0.15, 0.2) is 34.3 Å². The van der Waals surface area contributed by atoms with Gasteiger partial charge < -0.3 is 10.2 Å². The second kappa shape index (κ2) is 7.03. The quantitative estimate of drug-likeness (QED) is 0.898. The van der Waals surface area contributed by atoms with Crippen molar-refractivity contribution in [1.29, 1.82) is 0 Å².